The Morgan fingerprint density at radius 2 is 1.72 bits per heavy atom. The maximum atomic E-state index is 11.9. The monoisotopic (exact) mass is 410 g/mol. The first-order valence-corrected chi connectivity index (χ1v) is 8.49. The first kappa shape index (κ1) is 20.3. The lowest BCUT2D eigenvalue weighted by Crippen LogP contribution is -2.40. The van der Waals surface area contributed by atoms with Crippen molar-refractivity contribution in [2.75, 3.05) is 6.61 Å². The van der Waals surface area contributed by atoms with Gasteiger partial charge in [0.15, 0.2) is 24.0 Å². The topological polar surface area (TPSA) is 172 Å². The number of hydrogen-bond donors (Lipinski definition) is 2. The molecule has 0 spiro atoms. The first-order valence-electron chi connectivity index (χ1n) is 8.49. The lowest BCUT2D eigenvalue weighted by molar-refractivity contribution is -0.166. The van der Waals surface area contributed by atoms with Gasteiger partial charge in [0, 0.05) is 20.8 Å². The van der Waals surface area contributed by atoms with E-state index in [1.165, 1.54) is 17.8 Å². The van der Waals surface area contributed by atoms with Gasteiger partial charge in [-0.3, -0.25) is 33.7 Å². The van der Waals surface area contributed by atoms with Crippen LogP contribution in [-0.4, -0.2) is 62.3 Å². The van der Waals surface area contributed by atoms with E-state index in [1.54, 1.807) is 0 Å². The third-order valence-corrected chi connectivity index (χ3v) is 4.08. The second kappa shape index (κ2) is 7.87. The van der Waals surface area contributed by atoms with Gasteiger partial charge < -0.3 is 18.9 Å². The van der Waals surface area contributed by atoms with E-state index in [2.05, 4.69) is 9.97 Å². The maximum Gasteiger partial charge on any atom is 0.327 e. The van der Waals surface area contributed by atoms with E-state index >= 15 is 0 Å². The first-order chi connectivity index (χ1) is 13.7. The molecule has 1 fully saturated rings. The van der Waals surface area contributed by atoms with Gasteiger partial charge in [0.2, 0.25) is 0 Å². The number of hydrogen-bond acceptors (Lipinski definition) is 10. The SMILES string of the molecule is CC(=O)OC[C@H]1O[C@@H](n2cnc3c(=O)[nH]c(=O)[nH]c32)[C@H](OC(C)=O)[C@@H]1OC(C)=O. The van der Waals surface area contributed by atoms with E-state index in [4.69, 9.17) is 18.9 Å². The van der Waals surface area contributed by atoms with Crippen molar-refractivity contribution in [2.24, 2.45) is 0 Å². The highest BCUT2D eigenvalue weighted by Crippen LogP contribution is 2.35. The van der Waals surface area contributed by atoms with Crippen molar-refractivity contribution < 1.29 is 33.3 Å². The van der Waals surface area contributed by atoms with Crippen molar-refractivity contribution in [3.8, 4) is 0 Å². The Hall–Kier alpha value is -3.48. The number of esters is 3. The molecule has 4 atom stereocenters. The summed E-state index contributed by atoms with van der Waals surface area (Å²) in [6.07, 6.45) is -3.20. The third-order valence-electron chi connectivity index (χ3n) is 4.08. The average Bonchev–Trinajstić information content (AvgIpc) is 3.15. The van der Waals surface area contributed by atoms with E-state index in [1.807, 2.05) is 4.98 Å². The predicted molar refractivity (Wildman–Crippen MR) is 92.6 cm³/mol. The summed E-state index contributed by atoms with van der Waals surface area (Å²) in [6.45, 7) is 3.22. The van der Waals surface area contributed by atoms with Crippen molar-refractivity contribution in [1.29, 1.82) is 0 Å². The van der Waals surface area contributed by atoms with Crippen molar-refractivity contribution >= 4 is 29.1 Å². The number of nitrogens with one attached hydrogen (secondary N) is 2. The van der Waals surface area contributed by atoms with Crippen LogP contribution in [0.5, 0.6) is 0 Å². The summed E-state index contributed by atoms with van der Waals surface area (Å²) in [6, 6.07) is 0. The maximum absolute atomic E-state index is 11.9. The van der Waals surface area contributed by atoms with Gasteiger partial charge in [-0.1, -0.05) is 0 Å². The highest BCUT2D eigenvalue weighted by atomic mass is 16.7. The number of nitrogens with zero attached hydrogens (tertiary/aromatic N) is 2. The van der Waals surface area contributed by atoms with Crippen LogP contribution in [0.4, 0.5) is 0 Å². The lowest BCUT2D eigenvalue weighted by atomic mass is 10.1. The molecule has 2 aromatic heterocycles. The summed E-state index contributed by atoms with van der Waals surface area (Å²) < 4.78 is 22.6. The molecule has 29 heavy (non-hydrogen) atoms. The van der Waals surface area contributed by atoms with Crippen LogP contribution in [0, 0.1) is 0 Å². The number of fused-ring (bicyclic) bond motifs is 1. The molecule has 0 radical (unpaired) electrons. The standard InChI is InChI=1S/C16H18N4O9/c1-6(21)26-4-9-11(27-7(2)22)12(28-8(3)23)15(29-9)20-5-17-10-13(20)18-16(25)19-14(10)24/h5,9,11-12,15H,4H2,1-3H3,(H2,18,19,24,25)/t9-,11-,12-,15-/m1/s1. The molecule has 13 nitrogen and oxygen atoms in total. The predicted octanol–water partition coefficient (Wildman–Crippen LogP) is -1.26. The summed E-state index contributed by atoms with van der Waals surface area (Å²) in [7, 11) is 0. The van der Waals surface area contributed by atoms with Gasteiger partial charge in [0.1, 0.15) is 18.4 Å². The van der Waals surface area contributed by atoms with Crippen molar-refractivity contribution in [1.82, 2.24) is 19.5 Å². The Balaban J connectivity index is 2.06. The van der Waals surface area contributed by atoms with Crippen LogP contribution in [0.2, 0.25) is 0 Å². The molecule has 156 valence electrons. The minimum atomic E-state index is -1.17. The fourth-order valence-electron chi connectivity index (χ4n) is 3.06. The largest absolute Gasteiger partial charge is 0.463 e. The fourth-order valence-corrected chi connectivity index (χ4v) is 3.06. The van der Waals surface area contributed by atoms with Crippen molar-refractivity contribution in [3.05, 3.63) is 27.2 Å². The molecule has 1 aliphatic rings. The molecule has 3 rings (SSSR count). The molecule has 0 saturated carbocycles. The van der Waals surface area contributed by atoms with Gasteiger partial charge in [-0.2, -0.15) is 0 Å². The Bertz CT molecular complexity index is 1070. The number of aromatic amines is 2. The summed E-state index contributed by atoms with van der Waals surface area (Å²) in [5.41, 5.74) is -1.57. The zero-order valence-corrected chi connectivity index (χ0v) is 15.7. The molecule has 0 unspecified atom stereocenters. The molecule has 0 amide bonds. The Kier molecular flexibility index (Phi) is 5.50. The third kappa shape index (κ3) is 4.18. The molecule has 1 aliphatic heterocycles. The smallest absolute Gasteiger partial charge is 0.327 e. The number of carbonyl (C=O) groups is 3. The normalized spacial score (nSPS) is 23.7. The van der Waals surface area contributed by atoms with Crippen LogP contribution < -0.4 is 11.2 Å². The van der Waals surface area contributed by atoms with E-state index in [0.29, 0.717) is 0 Å². The van der Waals surface area contributed by atoms with Crippen molar-refractivity contribution in [3.63, 3.8) is 0 Å². The average molecular weight is 410 g/mol. The van der Waals surface area contributed by atoms with Crippen LogP contribution >= 0.6 is 0 Å². The fraction of sp³-hybridized carbons (Fsp3) is 0.500. The Morgan fingerprint density at radius 1 is 1.07 bits per heavy atom. The Morgan fingerprint density at radius 3 is 2.34 bits per heavy atom. The van der Waals surface area contributed by atoms with E-state index < -0.39 is 53.7 Å². The zero-order valence-electron chi connectivity index (χ0n) is 15.7. The molecule has 13 heteroatoms. The number of imidazole rings is 1. The number of ether oxygens (including phenoxy) is 4. The van der Waals surface area contributed by atoms with Crippen LogP contribution in [0.15, 0.2) is 15.9 Å². The molecule has 0 bridgehead atoms. The van der Waals surface area contributed by atoms with E-state index in [9.17, 15) is 24.0 Å². The molecule has 1 saturated heterocycles. The number of rotatable bonds is 5. The molecule has 3 heterocycles. The molecule has 2 N–H and O–H groups in total. The highest BCUT2D eigenvalue weighted by Gasteiger charge is 2.51. The molecule has 0 aromatic carbocycles. The van der Waals surface area contributed by atoms with Gasteiger partial charge in [-0.25, -0.2) is 9.78 Å². The van der Waals surface area contributed by atoms with Gasteiger partial charge in [-0.15, -0.1) is 0 Å². The zero-order chi connectivity index (χ0) is 21.3. The van der Waals surface area contributed by atoms with Crippen LogP contribution in [0.3, 0.4) is 0 Å². The molecule has 2 aromatic rings. The summed E-state index contributed by atoms with van der Waals surface area (Å²) in [4.78, 5) is 66.4. The van der Waals surface area contributed by atoms with Crippen molar-refractivity contribution in [2.45, 2.75) is 45.3 Å². The quantitative estimate of drug-likeness (QED) is 0.447. The second-order valence-electron chi connectivity index (χ2n) is 6.27. The summed E-state index contributed by atoms with van der Waals surface area (Å²) in [5, 5.41) is 0. The van der Waals surface area contributed by atoms with Gasteiger partial charge >= 0.3 is 23.6 Å². The number of carbonyl (C=O) groups excluding carboxylic acids is 3. The number of H-pyrrole nitrogens is 2. The van der Waals surface area contributed by atoms with E-state index in [0.717, 1.165) is 13.8 Å². The van der Waals surface area contributed by atoms with Crippen LogP contribution in [-0.2, 0) is 33.3 Å². The number of aromatic nitrogens is 4. The van der Waals surface area contributed by atoms with E-state index in [-0.39, 0.29) is 17.8 Å². The lowest BCUT2D eigenvalue weighted by Gasteiger charge is -2.23. The minimum Gasteiger partial charge on any atom is -0.463 e. The summed E-state index contributed by atoms with van der Waals surface area (Å²) >= 11 is 0. The van der Waals surface area contributed by atoms with Gasteiger partial charge in [0.05, 0.1) is 6.33 Å². The van der Waals surface area contributed by atoms with Crippen LogP contribution in [0.1, 0.15) is 27.0 Å². The molecule has 0 aliphatic carbocycles. The second-order valence-corrected chi connectivity index (χ2v) is 6.27. The molecular formula is C16H18N4O9. The molecular weight excluding hydrogens is 392 g/mol. The van der Waals surface area contributed by atoms with Gasteiger partial charge in [-0.05, 0) is 0 Å². The van der Waals surface area contributed by atoms with Gasteiger partial charge in [0.25, 0.3) is 5.56 Å². The summed E-state index contributed by atoms with van der Waals surface area (Å²) in [5.74, 6) is -1.96. The Labute approximate surface area is 161 Å². The highest BCUT2D eigenvalue weighted by molar-refractivity contribution is 5.70. The van der Waals surface area contributed by atoms with Crippen LogP contribution in [0.25, 0.3) is 11.2 Å². The minimum absolute atomic E-state index is 0.00983.